The third kappa shape index (κ3) is 6.22. The van der Waals surface area contributed by atoms with Crippen molar-refractivity contribution in [2.24, 2.45) is 0 Å². The molecule has 166 valence electrons. The van der Waals surface area contributed by atoms with Gasteiger partial charge in [0.15, 0.2) is 6.61 Å². The number of benzene rings is 3. The van der Waals surface area contributed by atoms with Crippen LogP contribution in [-0.2, 0) is 19.6 Å². The molecular weight excluding hydrogens is 456 g/mol. The van der Waals surface area contributed by atoms with Gasteiger partial charge in [-0.05, 0) is 66.7 Å². The minimum Gasteiger partial charge on any atom is -0.497 e. The van der Waals surface area contributed by atoms with Crippen molar-refractivity contribution in [1.82, 2.24) is 0 Å². The average Bonchev–Trinajstić information content (AvgIpc) is 2.79. The average molecular weight is 475 g/mol. The molecule has 0 saturated carbocycles. The lowest BCUT2D eigenvalue weighted by molar-refractivity contribution is -0.119. The Bertz CT molecular complexity index is 1210. The summed E-state index contributed by atoms with van der Waals surface area (Å²) >= 11 is 5.79. The molecule has 0 bridgehead atoms. The molecule has 1 amide bonds. The highest BCUT2D eigenvalue weighted by atomic mass is 35.5. The zero-order chi connectivity index (χ0) is 23.1. The maximum Gasteiger partial charge on any atom is 0.338 e. The van der Waals surface area contributed by atoms with Gasteiger partial charge < -0.3 is 14.8 Å². The molecule has 0 saturated heterocycles. The van der Waals surface area contributed by atoms with Gasteiger partial charge in [-0.1, -0.05) is 17.7 Å². The van der Waals surface area contributed by atoms with Gasteiger partial charge >= 0.3 is 5.97 Å². The number of halogens is 1. The van der Waals surface area contributed by atoms with Gasteiger partial charge in [-0.15, -0.1) is 0 Å². The number of ether oxygens (including phenoxy) is 2. The summed E-state index contributed by atoms with van der Waals surface area (Å²) in [6.45, 7) is -0.539. The van der Waals surface area contributed by atoms with E-state index >= 15 is 0 Å². The molecule has 32 heavy (non-hydrogen) atoms. The van der Waals surface area contributed by atoms with Crippen molar-refractivity contribution >= 4 is 44.9 Å². The van der Waals surface area contributed by atoms with Gasteiger partial charge in [-0.2, -0.15) is 0 Å². The predicted molar refractivity (Wildman–Crippen MR) is 121 cm³/mol. The van der Waals surface area contributed by atoms with Crippen LogP contribution in [0.5, 0.6) is 5.75 Å². The fourth-order valence-electron chi connectivity index (χ4n) is 2.61. The van der Waals surface area contributed by atoms with E-state index in [1.807, 2.05) is 0 Å². The van der Waals surface area contributed by atoms with E-state index in [9.17, 15) is 18.0 Å². The van der Waals surface area contributed by atoms with Crippen LogP contribution >= 0.6 is 11.6 Å². The zero-order valence-electron chi connectivity index (χ0n) is 16.9. The van der Waals surface area contributed by atoms with E-state index in [1.54, 1.807) is 48.5 Å². The molecule has 0 atom stereocenters. The number of methoxy groups -OCH3 is 1. The second kappa shape index (κ2) is 10.2. The first-order valence-electron chi connectivity index (χ1n) is 9.26. The third-order valence-electron chi connectivity index (χ3n) is 4.18. The number of rotatable bonds is 8. The Kier molecular flexibility index (Phi) is 7.34. The number of esters is 1. The van der Waals surface area contributed by atoms with E-state index in [1.165, 1.54) is 31.4 Å². The number of anilines is 2. The normalized spacial score (nSPS) is 10.8. The number of nitrogens with one attached hydrogen (secondary N) is 2. The molecular formula is C22H19ClN2O6S. The van der Waals surface area contributed by atoms with Gasteiger partial charge in [0.2, 0.25) is 0 Å². The largest absolute Gasteiger partial charge is 0.497 e. The summed E-state index contributed by atoms with van der Waals surface area (Å²) in [7, 11) is -2.45. The molecule has 0 aliphatic carbocycles. The SMILES string of the molecule is COc1ccc(NS(=O)(=O)c2cccc(C(=O)OCC(=O)Nc3ccc(Cl)cc3)c2)cc1. The number of hydrogen-bond acceptors (Lipinski definition) is 6. The molecule has 2 N–H and O–H groups in total. The summed E-state index contributed by atoms with van der Waals surface area (Å²) in [6.07, 6.45) is 0. The van der Waals surface area contributed by atoms with E-state index in [0.29, 0.717) is 22.1 Å². The summed E-state index contributed by atoms with van der Waals surface area (Å²) < 4.78 is 37.8. The molecule has 0 radical (unpaired) electrons. The van der Waals surface area contributed by atoms with E-state index in [-0.39, 0.29) is 10.5 Å². The van der Waals surface area contributed by atoms with Gasteiger partial charge in [0.1, 0.15) is 5.75 Å². The molecule has 0 aliphatic heterocycles. The highest BCUT2D eigenvalue weighted by Crippen LogP contribution is 2.20. The number of amides is 1. The van der Waals surface area contributed by atoms with Crippen LogP contribution in [0.25, 0.3) is 0 Å². The molecule has 0 fully saturated rings. The van der Waals surface area contributed by atoms with Crippen molar-refractivity contribution in [3.05, 3.63) is 83.4 Å². The number of sulfonamides is 1. The lowest BCUT2D eigenvalue weighted by Crippen LogP contribution is -2.21. The molecule has 10 heteroatoms. The topological polar surface area (TPSA) is 111 Å². The first-order valence-corrected chi connectivity index (χ1v) is 11.1. The van der Waals surface area contributed by atoms with Crippen molar-refractivity contribution in [2.45, 2.75) is 4.90 Å². The van der Waals surface area contributed by atoms with Crippen LogP contribution in [0, 0.1) is 0 Å². The summed E-state index contributed by atoms with van der Waals surface area (Å²) in [5, 5.41) is 3.08. The summed E-state index contributed by atoms with van der Waals surface area (Å²) in [5.74, 6) is -0.804. The lowest BCUT2D eigenvalue weighted by atomic mass is 10.2. The smallest absolute Gasteiger partial charge is 0.338 e. The van der Waals surface area contributed by atoms with Crippen molar-refractivity contribution < 1.29 is 27.5 Å². The molecule has 0 heterocycles. The van der Waals surface area contributed by atoms with E-state index in [2.05, 4.69) is 10.0 Å². The fraction of sp³-hybridized carbons (Fsp3) is 0.0909. The minimum absolute atomic E-state index is 0.0121. The number of hydrogen-bond donors (Lipinski definition) is 2. The first kappa shape index (κ1) is 23.1. The Morgan fingerprint density at radius 3 is 2.25 bits per heavy atom. The van der Waals surface area contributed by atoms with Crippen LogP contribution in [0.4, 0.5) is 11.4 Å². The molecule has 3 rings (SSSR count). The molecule has 0 spiro atoms. The molecule has 8 nitrogen and oxygen atoms in total. The maximum absolute atomic E-state index is 12.7. The molecule has 0 unspecified atom stereocenters. The molecule has 0 aromatic heterocycles. The van der Waals surface area contributed by atoms with E-state index in [4.69, 9.17) is 21.1 Å². The molecule has 3 aromatic rings. The van der Waals surface area contributed by atoms with Gasteiger partial charge in [0.25, 0.3) is 15.9 Å². The summed E-state index contributed by atoms with van der Waals surface area (Å²) in [5.41, 5.74) is 0.813. The Morgan fingerprint density at radius 2 is 1.59 bits per heavy atom. The second-order valence-electron chi connectivity index (χ2n) is 6.49. The number of carbonyl (C=O) groups excluding carboxylic acids is 2. The van der Waals surface area contributed by atoms with Crippen LogP contribution in [-0.4, -0.2) is 34.0 Å². The van der Waals surface area contributed by atoms with Crippen molar-refractivity contribution in [1.29, 1.82) is 0 Å². The minimum atomic E-state index is -3.95. The van der Waals surface area contributed by atoms with E-state index in [0.717, 1.165) is 0 Å². The first-order chi connectivity index (χ1) is 15.3. The van der Waals surface area contributed by atoms with Gasteiger partial charge in [0.05, 0.1) is 17.6 Å². The van der Waals surface area contributed by atoms with Gasteiger partial charge in [-0.25, -0.2) is 13.2 Å². The Morgan fingerprint density at radius 1 is 0.938 bits per heavy atom. The molecule has 3 aromatic carbocycles. The summed E-state index contributed by atoms with van der Waals surface area (Å²) in [6, 6.07) is 18.1. The van der Waals surface area contributed by atoms with Crippen LogP contribution in [0.15, 0.2) is 77.7 Å². The van der Waals surface area contributed by atoms with Crippen molar-refractivity contribution in [2.75, 3.05) is 23.8 Å². The van der Waals surface area contributed by atoms with Gasteiger partial charge in [0, 0.05) is 16.4 Å². The predicted octanol–water partition coefficient (Wildman–Crippen LogP) is 3.94. The highest BCUT2D eigenvalue weighted by molar-refractivity contribution is 7.92. The maximum atomic E-state index is 12.7. The third-order valence-corrected chi connectivity index (χ3v) is 5.82. The highest BCUT2D eigenvalue weighted by Gasteiger charge is 2.18. The van der Waals surface area contributed by atoms with E-state index < -0.39 is 28.5 Å². The molecule has 0 aliphatic rings. The monoisotopic (exact) mass is 474 g/mol. The Hall–Kier alpha value is -3.56. The standard InChI is InChI=1S/C22H19ClN2O6S/c1-30-19-11-9-18(10-12-19)25-32(28,29)20-4-2-3-15(13-20)22(27)31-14-21(26)24-17-7-5-16(23)6-8-17/h2-13,25H,14H2,1H3,(H,24,26). The van der Waals surface area contributed by atoms with Crippen LogP contribution in [0.1, 0.15) is 10.4 Å². The Balaban J connectivity index is 1.62. The fourth-order valence-corrected chi connectivity index (χ4v) is 3.84. The van der Waals surface area contributed by atoms with Gasteiger partial charge in [-0.3, -0.25) is 9.52 Å². The van der Waals surface area contributed by atoms with Crippen molar-refractivity contribution in [3.63, 3.8) is 0 Å². The quantitative estimate of drug-likeness (QED) is 0.478. The van der Waals surface area contributed by atoms with Crippen LogP contribution in [0.2, 0.25) is 5.02 Å². The lowest BCUT2D eigenvalue weighted by Gasteiger charge is -2.10. The Labute approximate surface area is 190 Å². The summed E-state index contributed by atoms with van der Waals surface area (Å²) in [4.78, 5) is 24.1. The second-order valence-corrected chi connectivity index (χ2v) is 8.61. The van der Waals surface area contributed by atoms with Crippen LogP contribution < -0.4 is 14.8 Å². The zero-order valence-corrected chi connectivity index (χ0v) is 18.4. The van der Waals surface area contributed by atoms with Crippen molar-refractivity contribution in [3.8, 4) is 5.75 Å². The number of carbonyl (C=O) groups is 2. The van der Waals surface area contributed by atoms with Crippen LogP contribution in [0.3, 0.4) is 0 Å².